The SMILES string of the molecule is c1ccc2c(CCN3CCCC3)c3ccccc3cc2c1. The van der Waals surface area contributed by atoms with Crippen LogP contribution in [-0.4, -0.2) is 24.5 Å². The van der Waals surface area contributed by atoms with Crippen molar-refractivity contribution in [1.29, 1.82) is 0 Å². The number of hydrogen-bond acceptors (Lipinski definition) is 1. The molecular weight excluding hydrogens is 254 g/mol. The van der Waals surface area contributed by atoms with Crippen LogP contribution in [0.5, 0.6) is 0 Å². The molecular formula is C20H21N. The first-order valence-electron chi connectivity index (χ1n) is 8.03. The van der Waals surface area contributed by atoms with Gasteiger partial charge in [-0.05, 0) is 65.5 Å². The van der Waals surface area contributed by atoms with Crippen LogP contribution in [0.15, 0.2) is 54.6 Å². The number of likely N-dealkylation sites (tertiary alicyclic amines) is 1. The lowest BCUT2D eigenvalue weighted by Gasteiger charge is -2.17. The standard InChI is InChI=1S/C20H21N/c1-3-9-18-16(7-1)15-17-8-2-4-10-19(17)20(18)11-14-21-12-5-6-13-21/h1-4,7-10,15H,5-6,11-14H2. The molecule has 0 N–H and O–H groups in total. The second-order valence-corrected chi connectivity index (χ2v) is 6.10. The Labute approximate surface area is 126 Å². The van der Waals surface area contributed by atoms with Gasteiger partial charge in [0, 0.05) is 6.54 Å². The van der Waals surface area contributed by atoms with Crippen LogP contribution in [0.25, 0.3) is 21.5 Å². The minimum atomic E-state index is 1.15. The molecule has 0 aromatic heterocycles. The topological polar surface area (TPSA) is 3.24 Å². The van der Waals surface area contributed by atoms with Crippen LogP contribution < -0.4 is 0 Å². The molecule has 0 saturated carbocycles. The second-order valence-electron chi connectivity index (χ2n) is 6.10. The van der Waals surface area contributed by atoms with Crippen LogP contribution in [-0.2, 0) is 6.42 Å². The van der Waals surface area contributed by atoms with Gasteiger partial charge in [-0.2, -0.15) is 0 Å². The molecule has 3 aromatic carbocycles. The highest BCUT2D eigenvalue weighted by Crippen LogP contribution is 2.29. The van der Waals surface area contributed by atoms with Gasteiger partial charge in [0.2, 0.25) is 0 Å². The van der Waals surface area contributed by atoms with Crippen molar-refractivity contribution in [1.82, 2.24) is 4.90 Å². The van der Waals surface area contributed by atoms with Crippen LogP contribution >= 0.6 is 0 Å². The van der Waals surface area contributed by atoms with Crippen molar-refractivity contribution in [3.8, 4) is 0 Å². The molecule has 0 aliphatic carbocycles. The quantitative estimate of drug-likeness (QED) is 0.630. The molecule has 1 saturated heterocycles. The monoisotopic (exact) mass is 275 g/mol. The average Bonchev–Trinajstić information content (AvgIpc) is 3.05. The summed E-state index contributed by atoms with van der Waals surface area (Å²) in [5.41, 5.74) is 1.52. The lowest BCUT2D eigenvalue weighted by molar-refractivity contribution is 0.344. The molecule has 106 valence electrons. The van der Waals surface area contributed by atoms with E-state index >= 15 is 0 Å². The Morgan fingerprint density at radius 2 is 1.33 bits per heavy atom. The van der Waals surface area contributed by atoms with E-state index in [1.807, 2.05) is 0 Å². The number of benzene rings is 3. The Hall–Kier alpha value is -1.86. The number of nitrogens with zero attached hydrogens (tertiary/aromatic N) is 1. The molecule has 0 spiro atoms. The number of hydrogen-bond donors (Lipinski definition) is 0. The largest absolute Gasteiger partial charge is 0.303 e. The molecule has 4 rings (SSSR count). The highest BCUT2D eigenvalue weighted by atomic mass is 15.1. The summed E-state index contributed by atoms with van der Waals surface area (Å²) < 4.78 is 0. The first kappa shape index (κ1) is 12.8. The summed E-state index contributed by atoms with van der Waals surface area (Å²) in [5.74, 6) is 0. The fourth-order valence-corrected chi connectivity index (χ4v) is 3.65. The van der Waals surface area contributed by atoms with Crippen LogP contribution in [0.3, 0.4) is 0 Å². The Kier molecular flexibility index (Phi) is 3.36. The van der Waals surface area contributed by atoms with E-state index in [-0.39, 0.29) is 0 Å². The third kappa shape index (κ3) is 2.43. The zero-order valence-corrected chi connectivity index (χ0v) is 12.4. The molecule has 1 aliphatic rings. The minimum Gasteiger partial charge on any atom is -0.303 e. The van der Waals surface area contributed by atoms with E-state index in [9.17, 15) is 0 Å². The Bertz CT molecular complexity index is 715. The van der Waals surface area contributed by atoms with Crippen molar-refractivity contribution < 1.29 is 0 Å². The number of fused-ring (bicyclic) bond motifs is 2. The van der Waals surface area contributed by atoms with Gasteiger partial charge in [0.15, 0.2) is 0 Å². The predicted molar refractivity (Wildman–Crippen MR) is 90.8 cm³/mol. The summed E-state index contributed by atoms with van der Waals surface area (Å²) in [7, 11) is 0. The summed E-state index contributed by atoms with van der Waals surface area (Å²) in [4.78, 5) is 2.61. The van der Waals surface area contributed by atoms with Gasteiger partial charge in [-0.25, -0.2) is 0 Å². The van der Waals surface area contributed by atoms with Gasteiger partial charge < -0.3 is 4.90 Å². The fourth-order valence-electron chi connectivity index (χ4n) is 3.65. The van der Waals surface area contributed by atoms with E-state index < -0.39 is 0 Å². The zero-order valence-electron chi connectivity index (χ0n) is 12.4. The average molecular weight is 275 g/mol. The molecule has 1 fully saturated rings. The lowest BCUT2D eigenvalue weighted by atomic mass is 9.95. The smallest absolute Gasteiger partial charge is 0.00223 e. The molecule has 0 amide bonds. The molecule has 0 radical (unpaired) electrons. The van der Waals surface area contributed by atoms with Gasteiger partial charge >= 0.3 is 0 Å². The van der Waals surface area contributed by atoms with Gasteiger partial charge in [0.25, 0.3) is 0 Å². The van der Waals surface area contributed by atoms with Crippen molar-refractivity contribution in [2.75, 3.05) is 19.6 Å². The van der Waals surface area contributed by atoms with Crippen LogP contribution in [0.2, 0.25) is 0 Å². The van der Waals surface area contributed by atoms with Crippen LogP contribution in [0, 0.1) is 0 Å². The molecule has 0 bridgehead atoms. The number of rotatable bonds is 3. The van der Waals surface area contributed by atoms with Gasteiger partial charge in [0.1, 0.15) is 0 Å². The Balaban J connectivity index is 1.81. The Morgan fingerprint density at radius 3 is 1.95 bits per heavy atom. The lowest BCUT2D eigenvalue weighted by Crippen LogP contribution is -2.22. The third-order valence-corrected chi connectivity index (χ3v) is 4.76. The summed E-state index contributed by atoms with van der Waals surface area (Å²) >= 11 is 0. The highest BCUT2D eigenvalue weighted by molar-refractivity contribution is 6.02. The summed E-state index contributed by atoms with van der Waals surface area (Å²) in [5, 5.41) is 5.59. The summed E-state index contributed by atoms with van der Waals surface area (Å²) in [6.45, 7) is 3.75. The van der Waals surface area contributed by atoms with E-state index in [2.05, 4.69) is 59.5 Å². The molecule has 1 heteroatoms. The molecule has 1 aliphatic heterocycles. The van der Waals surface area contributed by atoms with Crippen molar-refractivity contribution in [3.05, 3.63) is 60.2 Å². The normalized spacial score (nSPS) is 16.0. The first-order chi connectivity index (χ1) is 10.4. The maximum atomic E-state index is 2.61. The Morgan fingerprint density at radius 1 is 0.762 bits per heavy atom. The van der Waals surface area contributed by atoms with E-state index in [0.29, 0.717) is 0 Å². The molecule has 0 unspecified atom stereocenters. The van der Waals surface area contributed by atoms with Gasteiger partial charge in [0.05, 0.1) is 0 Å². The van der Waals surface area contributed by atoms with E-state index in [4.69, 9.17) is 0 Å². The fraction of sp³-hybridized carbons (Fsp3) is 0.300. The van der Waals surface area contributed by atoms with Crippen molar-refractivity contribution in [3.63, 3.8) is 0 Å². The second kappa shape index (κ2) is 5.50. The van der Waals surface area contributed by atoms with Crippen molar-refractivity contribution in [2.45, 2.75) is 19.3 Å². The van der Waals surface area contributed by atoms with Gasteiger partial charge in [-0.3, -0.25) is 0 Å². The van der Waals surface area contributed by atoms with Crippen molar-refractivity contribution >= 4 is 21.5 Å². The molecule has 3 aromatic rings. The summed E-state index contributed by atoms with van der Waals surface area (Å²) in [6, 6.07) is 20.0. The first-order valence-corrected chi connectivity index (χ1v) is 8.03. The van der Waals surface area contributed by atoms with E-state index in [0.717, 1.165) is 6.42 Å². The van der Waals surface area contributed by atoms with Crippen LogP contribution in [0.1, 0.15) is 18.4 Å². The maximum absolute atomic E-state index is 2.61. The van der Waals surface area contributed by atoms with E-state index in [1.54, 1.807) is 0 Å². The molecule has 21 heavy (non-hydrogen) atoms. The minimum absolute atomic E-state index is 1.15. The van der Waals surface area contributed by atoms with E-state index in [1.165, 1.54) is 59.6 Å². The zero-order chi connectivity index (χ0) is 14.1. The molecule has 1 nitrogen and oxygen atoms in total. The van der Waals surface area contributed by atoms with Crippen LogP contribution in [0.4, 0.5) is 0 Å². The highest BCUT2D eigenvalue weighted by Gasteiger charge is 2.13. The molecule has 1 heterocycles. The third-order valence-electron chi connectivity index (χ3n) is 4.76. The van der Waals surface area contributed by atoms with Gasteiger partial charge in [-0.15, -0.1) is 0 Å². The van der Waals surface area contributed by atoms with Gasteiger partial charge in [-0.1, -0.05) is 48.5 Å². The maximum Gasteiger partial charge on any atom is 0.00223 e. The molecule has 0 atom stereocenters. The van der Waals surface area contributed by atoms with Crippen molar-refractivity contribution in [2.24, 2.45) is 0 Å². The predicted octanol–water partition coefficient (Wildman–Crippen LogP) is 4.63. The summed E-state index contributed by atoms with van der Waals surface area (Å²) in [6.07, 6.45) is 3.90.